The van der Waals surface area contributed by atoms with Gasteiger partial charge in [-0.2, -0.15) is 0 Å². The standard InChI is InChI=1S/C13H14N6/c1-8-17-12-10(5-6-15-12)13(18-8)19-9-3-4-11(14-2)16-7-9/h3-7H,1-2H3,(H,14,16)(H2,15,17,18,19). The molecule has 0 saturated heterocycles. The maximum absolute atomic E-state index is 4.43. The first-order valence-corrected chi connectivity index (χ1v) is 5.99. The van der Waals surface area contributed by atoms with Crippen molar-refractivity contribution in [2.45, 2.75) is 6.92 Å². The van der Waals surface area contributed by atoms with E-state index in [1.54, 1.807) is 6.20 Å². The SMILES string of the molecule is CNc1ccc(Nc2nc(C)nc3[nH]ccc23)cn1. The predicted octanol–water partition coefficient (Wildman–Crippen LogP) is 2.45. The third-order valence-corrected chi connectivity index (χ3v) is 2.81. The van der Waals surface area contributed by atoms with Gasteiger partial charge in [-0.25, -0.2) is 15.0 Å². The van der Waals surface area contributed by atoms with Gasteiger partial charge in [-0.3, -0.25) is 0 Å². The maximum Gasteiger partial charge on any atom is 0.143 e. The molecule has 0 fully saturated rings. The molecule has 19 heavy (non-hydrogen) atoms. The Bertz CT molecular complexity index is 701. The van der Waals surface area contributed by atoms with Gasteiger partial charge in [0.2, 0.25) is 0 Å². The van der Waals surface area contributed by atoms with Crippen LogP contribution in [0.25, 0.3) is 11.0 Å². The normalized spacial score (nSPS) is 10.6. The summed E-state index contributed by atoms with van der Waals surface area (Å²) in [4.78, 5) is 16.1. The Hall–Kier alpha value is -2.63. The van der Waals surface area contributed by atoms with Crippen LogP contribution in [-0.4, -0.2) is 27.0 Å². The summed E-state index contributed by atoms with van der Waals surface area (Å²) in [6, 6.07) is 5.81. The second kappa shape index (κ2) is 4.56. The number of nitrogens with one attached hydrogen (secondary N) is 3. The number of H-pyrrole nitrogens is 1. The van der Waals surface area contributed by atoms with Crippen molar-refractivity contribution in [2.75, 3.05) is 17.7 Å². The molecule has 0 aliphatic rings. The number of aromatic amines is 1. The van der Waals surface area contributed by atoms with Crippen molar-refractivity contribution >= 4 is 28.4 Å². The lowest BCUT2D eigenvalue weighted by atomic mass is 10.3. The van der Waals surface area contributed by atoms with Crippen molar-refractivity contribution < 1.29 is 0 Å². The van der Waals surface area contributed by atoms with E-state index in [4.69, 9.17) is 0 Å². The first kappa shape index (κ1) is 11.5. The van der Waals surface area contributed by atoms with Crippen molar-refractivity contribution in [3.63, 3.8) is 0 Å². The zero-order valence-corrected chi connectivity index (χ0v) is 10.7. The Balaban J connectivity index is 1.97. The van der Waals surface area contributed by atoms with Crippen LogP contribution < -0.4 is 10.6 Å². The molecule has 3 aromatic heterocycles. The number of anilines is 3. The minimum atomic E-state index is 0.720. The lowest BCUT2D eigenvalue weighted by Gasteiger charge is -2.08. The molecule has 0 spiro atoms. The number of pyridine rings is 1. The summed E-state index contributed by atoms with van der Waals surface area (Å²) in [5, 5.41) is 7.21. The van der Waals surface area contributed by atoms with Gasteiger partial charge in [0.1, 0.15) is 23.1 Å². The van der Waals surface area contributed by atoms with Crippen LogP contribution >= 0.6 is 0 Å². The maximum atomic E-state index is 4.43. The molecular weight excluding hydrogens is 240 g/mol. The average molecular weight is 254 g/mol. The Morgan fingerprint density at radius 1 is 1.16 bits per heavy atom. The quantitative estimate of drug-likeness (QED) is 0.669. The first-order valence-electron chi connectivity index (χ1n) is 5.99. The van der Waals surface area contributed by atoms with Crippen LogP contribution in [0.5, 0.6) is 0 Å². The minimum Gasteiger partial charge on any atom is -0.373 e. The molecule has 0 saturated carbocycles. The van der Waals surface area contributed by atoms with Crippen LogP contribution in [0.2, 0.25) is 0 Å². The van der Waals surface area contributed by atoms with Crippen molar-refractivity contribution in [1.82, 2.24) is 19.9 Å². The van der Waals surface area contributed by atoms with E-state index in [2.05, 4.69) is 30.6 Å². The van der Waals surface area contributed by atoms with Crippen LogP contribution in [0.3, 0.4) is 0 Å². The monoisotopic (exact) mass is 254 g/mol. The molecule has 0 amide bonds. The zero-order chi connectivity index (χ0) is 13.2. The molecule has 0 aliphatic heterocycles. The molecule has 6 nitrogen and oxygen atoms in total. The molecule has 0 aliphatic carbocycles. The van der Waals surface area contributed by atoms with Gasteiger partial charge in [0.15, 0.2) is 0 Å². The third-order valence-electron chi connectivity index (χ3n) is 2.81. The number of rotatable bonds is 3. The molecule has 3 N–H and O–H groups in total. The number of hydrogen-bond donors (Lipinski definition) is 3. The third kappa shape index (κ3) is 2.20. The van der Waals surface area contributed by atoms with E-state index < -0.39 is 0 Å². The van der Waals surface area contributed by atoms with Gasteiger partial charge < -0.3 is 15.6 Å². The van der Waals surface area contributed by atoms with Crippen molar-refractivity contribution in [3.8, 4) is 0 Å². The highest BCUT2D eigenvalue weighted by atomic mass is 15.1. The van der Waals surface area contributed by atoms with E-state index in [1.807, 2.05) is 38.4 Å². The lowest BCUT2D eigenvalue weighted by molar-refractivity contribution is 1.08. The van der Waals surface area contributed by atoms with Crippen molar-refractivity contribution in [1.29, 1.82) is 0 Å². The molecule has 0 radical (unpaired) electrons. The van der Waals surface area contributed by atoms with Gasteiger partial charge in [-0.15, -0.1) is 0 Å². The number of hydrogen-bond acceptors (Lipinski definition) is 5. The molecule has 3 heterocycles. The smallest absolute Gasteiger partial charge is 0.143 e. The van der Waals surface area contributed by atoms with Crippen LogP contribution in [-0.2, 0) is 0 Å². The number of aryl methyl sites for hydroxylation is 1. The van der Waals surface area contributed by atoms with Gasteiger partial charge in [0.05, 0.1) is 17.3 Å². The van der Waals surface area contributed by atoms with Crippen LogP contribution in [0, 0.1) is 6.92 Å². The van der Waals surface area contributed by atoms with Crippen molar-refractivity contribution in [2.24, 2.45) is 0 Å². The average Bonchev–Trinajstić information content (AvgIpc) is 2.88. The van der Waals surface area contributed by atoms with E-state index in [0.717, 1.165) is 34.2 Å². The van der Waals surface area contributed by atoms with Gasteiger partial charge in [0.25, 0.3) is 0 Å². The summed E-state index contributed by atoms with van der Waals surface area (Å²) >= 11 is 0. The van der Waals surface area contributed by atoms with Crippen LogP contribution in [0.4, 0.5) is 17.3 Å². The minimum absolute atomic E-state index is 0.720. The van der Waals surface area contributed by atoms with Crippen LogP contribution in [0.15, 0.2) is 30.6 Å². The summed E-state index contributed by atoms with van der Waals surface area (Å²) in [5.41, 5.74) is 1.72. The summed E-state index contributed by atoms with van der Waals surface area (Å²) in [5.74, 6) is 2.33. The first-order chi connectivity index (χ1) is 9.26. The Labute approximate surface area is 110 Å². The Kier molecular flexibility index (Phi) is 2.75. The van der Waals surface area contributed by atoms with Gasteiger partial charge in [-0.1, -0.05) is 0 Å². The van der Waals surface area contributed by atoms with E-state index >= 15 is 0 Å². The second-order valence-electron chi connectivity index (χ2n) is 4.17. The summed E-state index contributed by atoms with van der Waals surface area (Å²) in [6.45, 7) is 1.87. The molecule has 0 aromatic carbocycles. The predicted molar refractivity (Wildman–Crippen MR) is 75.7 cm³/mol. The summed E-state index contributed by atoms with van der Waals surface area (Å²) < 4.78 is 0. The zero-order valence-electron chi connectivity index (χ0n) is 10.7. The highest BCUT2D eigenvalue weighted by molar-refractivity contribution is 5.88. The fourth-order valence-electron chi connectivity index (χ4n) is 1.90. The van der Waals surface area contributed by atoms with Gasteiger partial charge >= 0.3 is 0 Å². The second-order valence-corrected chi connectivity index (χ2v) is 4.17. The topological polar surface area (TPSA) is 78.5 Å². The number of fused-ring (bicyclic) bond motifs is 1. The molecule has 6 heteroatoms. The number of aromatic nitrogens is 4. The molecule has 96 valence electrons. The fourth-order valence-corrected chi connectivity index (χ4v) is 1.90. The van der Waals surface area contributed by atoms with E-state index in [-0.39, 0.29) is 0 Å². The molecule has 3 aromatic rings. The fraction of sp³-hybridized carbons (Fsp3) is 0.154. The van der Waals surface area contributed by atoms with E-state index in [9.17, 15) is 0 Å². The highest BCUT2D eigenvalue weighted by Crippen LogP contribution is 2.23. The van der Waals surface area contributed by atoms with E-state index in [1.165, 1.54) is 0 Å². The van der Waals surface area contributed by atoms with E-state index in [0.29, 0.717) is 0 Å². The molecule has 0 unspecified atom stereocenters. The Morgan fingerprint density at radius 3 is 2.79 bits per heavy atom. The van der Waals surface area contributed by atoms with Gasteiger partial charge in [-0.05, 0) is 25.1 Å². The summed E-state index contributed by atoms with van der Waals surface area (Å²) in [7, 11) is 1.84. The van der Waals surface area contributed by atoms with Crippen LogP contribution in [0.1, 0.15) is 5.82 Å². The Morgan fingerprint density at radius 2 is 2.05 bits per heavy atom. The number of nitrogens with zero attached hydrogens (tertiary/aromatic N) is 3. The largest absolute Gasteiger partial charge is 0.373 e. The molecule has 0 bridgehead atoms. The molecular formula is C13H14N6. The summed E-state index contributed by atoms with van der Waals surface area (Å²) in [6.07, 6.45) is 3.62. The molecule has 0 atom stereocenters. The van der Waals surface area contributed by atoms with Crippen molar-refractivity contribution in [3.05, 3.63) is 36.4 Å². The van der Waals surface area contributed by atoms with Gasteiger partial charge in [0, 0.05) is 13.2 Å². The molecule has 3 rings (SSSR count). The highest BCUT2D eigenvalue weighted by Gasteiger charge is 2.07. The lowest BCUT2D eigenvalue weighted by Crippen LogP contribution is -1.99.